The number of carboxylic acids is 1. The average Bonchev–Trinajstić information content (AvgIpc) is 2.84. The minimum atomic E-state index is -0.837. The van der Waals surface area contributed by atoms with Gasteiger partial charge in [-0.1, -0.05) is 37.6 Å². The standard InChI is InChI=1S/C15H17NO2S/c1-2-3-4-11-5-7-12(8-6-11)13-10-19-14(16-13)9-15(17)18/h5-8,10H,2-4,9H2,1H3,(H,17,18). The molecule has 1 N–H and O–H groups in total. The van der Waals surface area contributed by atoms with E-state index in [1.807, 2.05) is 5.38 Å². The van der Waals surface area contributed by atoms with Crippen molar-refractivity contribution in [3.63, 3.8) is 0 Å². The van der Waals surface area contributed by atoms with E-state index in [0.717, 1.165) is 17.7 Å². The molecule has 0 atom stereocenters. The first-order valence-electron chi connectivity index (χ1n) is 6.44. The summed E-state index contributed by atoms with van der Waals surface area (Å²) >= 11 is 1.40. The Kier molecular flexibility index (Phi) is 4.68. The summed E-state index contributed by atoms with van der Waals surface area (Å²) in [6, 6.07) is 8.37. The third-order valence-corrected chi connectivity index (χ3v) is 3.77. The fourth-order valence-electron chi connectivity index (χ4n) is 1.88. The molecule has 0 bridgehead atoms. The quantitative estimate of drug-likeness (QED) is 0.872. The van der Waals surface area contributed by atoms with Crippen LogP contribution in [0, 0.1) is 0 Å². The Morgan fingerprint density at radius 2 is 2.05 bits per heavy atom. The van der Waals surface area contributed by atoms with Crippen LogP contribution >= 0.6 is 11.3 Å². The molecule has 19 heavy (non-hydrogen) atoms. The molecule has 1 heterocycles. The zero-order chi connectivity index (χ0) is 13.7. The molecule has 2 rings (SSSR count). The van der Waals surface area contributed by atoms with Crippen molar-refractivity contribution < 1.29 is 9.90 Å². The van der Waals surface area contributed by atoms with Gasteiger partial charge in [0.15, 0.2) is 0 Å². The molecular weight excluding hydrogens is 258 g/mol. The normalized spacial score (nSPS) is 10.6. The van der Waals surface area contributed by atoms with Gasteiger partial charge in [0.2, 0.25) is 0 Å². The van der Waals surface area contributed by atoms with Crippen LogP contribution in [0.5, 0.6) is 0 Å². The van der Waals surface area contributed by atoms with E-state index in [2.05, 4.69) is 36.2 Å². The highest BCUT2D eigenvalue weighted by molar-refractivity contribution is 7.10. The number of thiazole rings is 1. The summed E-state index contributed by atoms with van der Waals surface area (Å²) in [5, 5.41) is 11.3. The van der Waals surface area contributed by atoms with Gasteiger partial charge in [-0.05, 0) is 18.4 Å². The van der Waals surface area contributed by atoms with E-state index in [9.17, 15) is 4.79 Å². The molecule has 3 nitrogen and oxygen atoms in total. The van der Waals surface area contributed by atoms with Gasteiger partial charge in [-0.3, -0.25) is 4.79 Å². The maximum atomic E-state index is 10.6. The van der Waals surface area contributed by atoms with Gasteiger partial charge in [0.25, 0.3) is 0 Å². The molecule has 0 saturated heterocycles. The number of nitrogens with zero attached hydrogens (tertiary/aromatic N) is 1. The first-order chi connectivity index (χ1) is 9.19. The van der Waals surface area contributed by atoms with Crippen LogP contribution in [0.15, 0.2) is 29.6 Å². The molecule has 0 radical (unpaired) electrons. The summed E-state index contributed by atoms with van der Waals surface area (Å²) in [7, 11) is 0. The summed E-state index contributed by atoms with van der Waals surface area (Å²) in [6.07, 6.45) is 3.52. The predicted octanol–water partition coefficient (Wildman–Crippen LogP) is 3.78. The zero-order valence-electron chi connectivity index (χ0n) is 10.9. The monoisotopic (exact) mass is 275 g/mol. The van der Waals surface area contributed by atoms with Crippen molar-refractivity contribution in [1.82, 2.24) is 4.98 Å². The summed E-state index contributed by atoms with van der Waals surface area (Å²) in [4.78, 5) is 15.0. The molecule has 0 saturated carbocycles. The molecule has 0 aliphatic carbocycles. The third kappa shape index (κ3) is 3.89. The highest BCUT2D eigenvalue weighted by Gasteiger charge is 2.07. The largest absolute Gasteiger partial charge is 0.481 e. The van der Waals surface area contributed by atoms with Crippen LogP contribution in [0.2, 0.25) is 0 Å². The second-order valence-electron chi connectivity index (χ2n) is 4.50. The summed E-state index contributed by atoms with van der Waals surface area (Å²) in [5.41, 5.74) is 3.25. The molecule has 0 amide bonds. The number of aryl methyl sites for hydroxylation is 1. The molecule has 0 aliphatic rings. The van der Waals surface area contributed by atoms with E-state index in [1.165, 1.54) is 29.7 Å². The zero-order valence-corrected chi connectivity index (χ0v) is 11.7. The van der Waals surface area contributed by atoms with E-state index < -0.39 is 5.97 Å². The molecule has 2 aromatic rings. The molecule has 1 aromatic heterocycles. The van der Waals surface area contributed by atoms with Crippen molar-refractivity contribution in [3.8, 4) is 11.3 Å². The molecule has 0 fully saturated rings. The fraction of sp³-hybridized carbons (Fsp3) is 0.333. The van der Waals surface area contributed by atoms with Gasteiger partial charge >= 0.3 is 5.97 Å². The van der Waals surface area contributed by atoms with Crippen molar-refractivity contribution in [3.05, 3.63) is 40.2 Å². The van der Waals surface area contributed by atoms with Crippen molar-refractivity contribution >= 4 is 17.3 Å². The third-order valence-electron chi connectivity index (χ3n) is 2.92. The maximum absolute atomic E-state index is 10.6. The van der Waals surface area contributed by atoms with Crippen LogP contribution in [-0.2, 0) is 17.6 Å². The number of benzene rings is 1. The Bertz CT molecular complexity index is 546. The maximum Gasteiger partial charge on any atom is 0.310 e. The van der Waals surface area contributed by atoms with Gasteiger partial charge in [-0.2, -0.15) is 0 Å². The van der Waals surface area contributed by atoms with Crippen molar-refractivity contribution in [2.75, 3.05) is 0 Å². The van der Waals surface area contributed by atoms with Gasteiger partial charge in [0, 0.05) is 10.9 Å². The van der Waals surface area contributed by atoms with Crippen LogP contribution in [0.25, 0.3) is 11.3 Å². The fourth-order valence-corrected chi connectivity index (χ4v) is 2.67. The van der Waals surface area contributed by atoms with Crippen molar-refractivity contribution in [2.24, 2.45) is 0 Å². The number of aromatic nitrogens is 1. The highest BCUT2D eigenvalue weighted by atomic mass is 32.1. The number of unbranched alkanes of at least 4 members (excludes halogenated alkanes) is 1. The molecule has 100 valence electrons. The van der Waals surface area contributed by atoms with Crippen LogP contribution < -0.4 is 0 Å². The molecule has 0 unspecified atom stereocenters. The molecule has 4 heteroatoms. The number of hydrogen-bond acceptors (Lipinski definition) is 3. The van der Waals surface area contributed by atoms with Gasteiger partial charge in [0.05, 0.1) is 12.1 Å². The van der Waals surface area contributed by atoms with Crippen molar-refractivity contribution in [1.29, 1.82) is 0 Å². The predicted molar refractivity (Wildman–Crippen MR) is 77.5 cm³/mol. The lowest BCUT2D eigenvalue weighted by molar-refractivity contribution is -0.136. The highest BCUT2D eigenvalue weighted by Crippen LogP contribution is 2.23. The Morgan fingerprint density at radius 3 is 2.68 bits per heavy atom. The minimum absolute atomic E-state index is 0.000744. The first-order valence-corrected chi connectivity index (χ1v) is 7.32. The minimum Gasteiger partial charge on any atom is -0.481 e. The molecule has 0 spiro atoms. The van der Waals surface area contributed by atoms with Crippen LogP contribution in [0.3, 0.4) is 0 Å². The summed E-state index contributed by atoms with van der Waals surface area (Å²) < 4.78 is 0. The van der Waals surface area contributed by atoms with Crippen LogP contribution in [0.1, 0.15) is 30.3 Å². The van der Waals surface area contributed by atoms with E-state index in [1.54, 1.807) is 0 Å². The Labute approximate surface area is 116 Å². The lowest BCUT2D eigenvalue weighted by Crippen LogP contribution is -1.99. The van der Waals surface area contributed by atoms with E-state index in [4.69, 9.17) is 5.11 Å². The van der Waals surface area contributed by atoms with E-state index in [-0.39, 0.29) is 6.42 Å². The van der Waals surface area contributed by atoms with Crippen molar-refractivity contribution in [2.45, 2.75) is 32.6 Å². The Balaban J connectivity index is 2.09. The first kappa shape index (κ1) is 13.7. The Morgan fingerprint density at radius 1 is 1.32 bits per heavy atom. The van der Waals surface area contributed by atoms with Gasteiger partial charge in [0.1, 0.15) is 5.01 Å². The number of carboxylic acid groups (broad SMARTS) is 1. The summed E-state index contributed by atoms with van der Waals surface area (Å²) in [5.74, 6) is -0.837. The number of rotatable bonds is 6. The lowest BCUT2D eigenvalue weighted by atomic mass is 10.1. The number of carbonyl (C=O) groups is 1. The number of hydrogen-bond donors (Lipinski definition) is 1. The Hall–Kier alpha value is -1.68. The smallest absolute Gasteiger partial charge is 0.310 e. The average molecular weight is 275 g/mol. The molecular formula is C15H17NO2S. The van der Waals surface area contributed by atoms with Gasteiger partial charge in [-0.25, -0.2) is 4.98 Å². The van der Waals surface area contributed by atoms with Gasteiger partial charge < -0.3 is 5.11 Å². The molecule has 1 aromatic carbocycles. The topological polar surface area (TPSA) is 50.2 Å². The van der Waals surface area contributed by atoms with Gasteiger partial charge in [-0.15, -0.1) is 11.3 Å². The van der Waals surface area contributed by atoms with Crippen LogP contribution in [0.4, 0.5) is 0 Å². The lowest BCUT2D eigenvalue weighted by Gasteiger charge is -2.01. The van der Waals surface area contributed by atoms with Crippen LogP contribution in [-0.4, -0.2) is 16.1 Å². The SMILES string of the molecule is CCCCc1ccc(-c2csc(CC(=O)O)n2)cc1. The van der Waals surface area contributed by atoms with E-state index in [0.29, 0.717) is 5.01 Å². The second-order valence-corrected chi connectivity index (χ2v) is 5.44. The van der Waals surface area contributed by atoms with E-state index >= 15 is 0 Å². The summed E-state index contributed by atoms with van der Waals surface area (Å²) in [6.45, 7) is 2.19. The molecule has 0 aliphatic heterocycles. The second kappa shape index (κ2) is 6.48. The number of aliphatic carboxylic acids is 1.